The number of nitrogens with one attached hydrogen (secondary N) is 2. The third-order valence-electron chi connectivity index (χ3n) is 1.74. The Morgan fingerprint density at radius 3 is 2.40 bits per heavy atom. The Bertz CT molecular complexity index is 273. The van der Waals surface area contributed by atoms with Crippen LogP contribution in [0.3, 0.4) is 0 Å². The average molecular weight is 211 g/mol. The van der Waals surface area contributed by atoms with Gasteiger partial charge in [0.15, 0.2) is 6.19 Å². The molecule has 0 aliphatic rings. The largest absolute Gasteiger partial charge is 0.356 e. The summed E-state index contributed by atoms with van der Waals surface area (Å²) in [6, 6.07) is 0. The van der Waals surface area contributed by atoms with Crippen LogP contribution in [-0.2, 0) is 9.59 Å². The zero-order valence-corrected chi connectivity index (χ0v) is 9.39. The van der Waals surface area contributed by atoms with Crippen LogP contribution in [0.1, 0.15) is 33.6 Å². The van der Waals surface area contributed by atoms with Crippen molar-refractivity contribution in [1.29, 1.82) is 5.26 Å². The van der Waals surface area contributed by atoms with Gasteiger partial charge in [-0.15, -0.1) is 0 Å². The van der Waals surface area contributed by atoms with Gasteiger partial charge in [0, 0.05) is 18.4 Å². The second-order valence-corrected chi connectivity index (χ2v) is 4.27. The van der Waals surface area contributed by atoms with Crippen LogP contribution >= 0.6 is 0 Å². The first-order valence-electron chi connectivity index (χ1n) is 4.84. The van der Waals surface area contributed by atoms with Crippen molar-refractivity contribution in [3.05, 3.63) is 0 Å². The van der Waals surface area contributed by atoms with Crippen LogP contribution in [0.5, 0.6) is 0 Å². The molecule has 0 saturated carbocycles. The lowest BCUT2D eigenvalue weighted by atomic mass is 9.96. The van der Waals surface area contributed by atoms with Crippen molar-refractivity contribution >= 4 is 11.8 Å². The lowest BCUT2D eigenvalue weighted by Crippen LogP contribution is -2.35. The highest BCUT2D eigenvalue weighted by atomic mass is 16.2. The van der Waals surface area contributed by atoms with Crippen LogP contribution in [0, 0.1) is 16.9 Å². The smallest absolute Gasteiger partial charge is 0.233 e. The van der Waals surface area contributed by atoms with Gasteiger partial charge in [-0.1, -0.05) is 20.8 Å². The van der Waals surface area contributed by atoms with Crippen molar-refractivity contribution < 1.29 is 9.59 Å². The van der Waals surface area contributed by atoms with Crippen LogP contribution in [0.25, 0.3) is 0 Å². The van der Waals surface area contributed by atoms with E-state index >= 15 is 0 Å². The fraction of sp³-hybridized carbons (Fsp3) is 0.700. The monoisotopic (exact) mass is 211 g/mol. The maximum atomic E-state index is 11.4. The number of hydrogen-bond donors (Lipinski definition) is 2. The molecule has 0 radical (unpaired) electrons. The third kappa shape index (κ3) is 6.49. The number of carbonyl (C=O) groups is 2. The summed E-state index contributed by atoms with van der Waals surface area (Å²) in [6.45, 7) is 5.93. The topological polar surface area (TPSA) is 82.0 Å². The highest BCUT2D eigenvalue weighted by Crippen LogP contribution is 2.12. The minimum absolute atomic E-state index is 0.0387. The number of carbonyl (C=O) groups excluding carboxylic acids is 2. The molecule has 0 spiro atoms. The van der Waals surface area contributed by atoms with Crippen LogP contribution in [0.4, 0.5) is 0 Å². The summed E-state index contributed by atoms with van der Waals surface area (Å²) in [7, 11) is 0. The van der Waals surface area contributed by atoms with Gasteiger partial charge in [0.1, 0.15) is 0 Å². The van der Waals surface area contributed by atoms with Gasteiger partial charge in [-0.05, 0) is 6.42 Å². The molecule has 0 aromatic carbocycles. The van der Waals surface area contributed by atoms with Crippen molar-refractivity contribution in [3.8, 4) is 6.19 Å². The summed E-state index contributed by atoms with van der Waals surface area (Å²) in [4.78, 5) is 22.2. The van der Waals surface area contributed by atoms with E-state index in [1.807, 2.05) is 26.1 Å². The first kappa shape index (κ1) is 13.4. The Labute approximate surface area is 89.8 Å². The van der Waals surface area contributed by atoms with Gasteiger partial charge in [0.2, 0.25) is 11.8 Å². The molecule has 0 atom stereocenters. The first-order chi connectivity index (χ1) is 6.88. The summed E-state index contributed by atoms with van der Waals surface area (Å²) in [5.74, 6) is -0.356. The van der Waals surface area contributed by atoms with Crippen LogP contribution in [0.2, 0.25) is 0 Å². The summed E-state index contributed by atoms with van der Waals surface area (Å²) >= 11 is 0. The number of hydrogen-bond acceptors (Lipinski definition) is 3. The Kier molecular flexibility index (Phi) is 5.39. The predicted octanol–water partition coefficient (Wildman–Crippen LogP) is 0.526. The van der Waals surface area contributed by atoms with E-state index in [-0.39, 0.29) is 18.2 Å². The Morgan fingerprint density at radius 1 is 1.33 bits per heavy atom. The fourth-order valence-corrected chi connectivity index (χ4v) is 0.841. The zero-order chi connectivity index (χ0) is 11.9. The normalized spacial score (nSPS) is 10.3. The van der Waals surface area contributed by atoms with E-state index in [2.05, 4.69) is 5.32 Å². The summed E-state index contributed by atoms with van der Waals surface area (Å²) in [5, 5.41) is 12.9. The van der Waals surface area contributed by atoms with Gasteiger partial charge >= 0.3 is 0 Å². The molecule has 0 aliphatic heterocycles. The summed E-state index contributed by atoms with van der Waals surface area (Å²) in [5.41, 5.74) is -0.408. The molecule has 0 aromatic rings. The maximum absolute atomic E-state index is 11.4. The Balaban J connectivity index is 3.61. The molecule has 0 bridgehead atoms. The number of amides is 2. The summed E-state index contributed by atoms with van der Waals surface area (Å²) < 4.78 is 0. The first-order valence-corrected chi connectivity index (χ1v) is 4.84. The highest BCUT2D eigenvalue weighted by Gasteiger charge is 2.20. The zero-order valence-electron chi connectivity index (χ0n) is 9.39. The number of nitrogens with zero attached hydrogens (tertiary/aromatic N) is 1. The van der Waals surface area contributed by atoms with Crippen molar-refractivity contribution in [2.24, 2.45) is 5.41 Å². The molecular weight excluding hydrogens is 194 g/mol. The van der Waals surface area contributed by atoms with Crippen LogP contribution in [-0.4, -0.2) is 18.4 Å². The molecule has 5 nitrogen and oxygen atoms in total. The van der Waals surface area contributed by atoms with E-state index in [4.69, 9.17) is 5.26 Å². The molecule has 2 N–H and O–H groups in total. The van der Waals surface area contributed by atoms with Crippen LogP contribution in [0.15, 0.2) is 0 Å². The molecule has 0 aliphatic carbocycles. The average Bonchev–Trinajstić information content (AvgIpc) is 2.11. The molecule has 0 rings (SSSR count). The summed E-state index contributed by atoms with van der Waals surface area (Å²) in [6.07, 6.45) is 2.34. The Hall–Kier alpha value is -1.57. The predicted molar refractivity (Wildman–Crippen MR) is 55.5 cm³/mol. The minimum atomic E-state index is -0.408. The van der Waals surface area contributed by atoms with E-state index in [9.17, 15) is 9.59 Å². The minimum Gasteiger partial charge on any atom is -0.356 e. The van der Waals surface area contributed by atoms with Gasteiger partial charge in [-0.25, -0.2) is 0 Å². The van der Waals surface area contributed by atoms with Gasteiger partial charge in [-0.3, -0.25) is 14.9 Å². The van der Waals surface area contributed by atoms with Crippen molar-refractivity contribution in [2.45, 2.75) is 33.6 Å². The number of nitriles is 1. The maximum Gasteiger partial charge on any atom is 0.233 e. The van der Waals surface area contributed by atoms with E-state index in [1.54, 1.807) is 6.19 Å². The molecule has 15 heavy (non-hydrogen) atoms. The molecule has 0 aromatic heterocycles. The molecule has 0 saturated heterocycles. The highest BCUT2D eigenvalue weighted by molar-refractivity contribution is 5.81. The van der Waals surface area contributed by atoms with E-state index in [0.717, 1.165) is 0 Å². The molecule has 0 heterocycles. The second-order valence-electron chi connectivity index (χ2n) is 4.27. The van der Waals surface area contributed by atoms with Crippen molar-refractivity contribution in [3.63, 3.8) is 0 Å². The van der Waals surface area contributed by atoms with E-state index < -0.39 is 5.41 Å². The molecule has 2 amide bonds. The van der Waals surface area contributed by atoms with Crippen LogP contribution < -0.4 is 10.6 Å². The van der Waals surface area contributed by atoms with Gasteiger partial charge in [0.25, 0.3) is 0 Å². The quantitative estimate of drug-likeness (QED) is 0.404. The fourth-order valence-electron chi connectivity index (χ4n) is 0.841. The van der Waals surface area contributed by atoms with Gasteiger partial charge in [-0.2, -0.15) is 5.26 Å². The molecular formula is C10H17N3O2. The number of rotatable bonds is 4. The lowest BCUT2D eigenvalue weighted by Gasteiger charge is -2.17. The van der Waals surface area contributed by atoms with Crippen molar-refractivity contribution in [2.75, 3.05) is 6.54 Å². The molecule has 5 heteroatoms. The molecule has 84 valence electrons. The van der Waals surface area contributed by atoms with E-state index in [0.29, 0.717) is 13.0 Å². The third-order valence-corrected chi connectivity index (χ3v) is 1.74. The molecule has 0 unspecified atom stereocenters. The molecule has 0 fully saturated rings. The Morgan fingerprint density at radius 2 is 1.93 bits per heavy atom. The lowest BCUT2D eigenvalue weighted by molar-refractivity contribution is -0.128. The van der Waals surface area contributed by atoms with E-state index in [1.165, 1.54) is 0 Å². The van der Waals surface area contributed by atoms with Gasteiger partial charge in [0.05, 0.1) is 0 Å². The standard InChI is InChI=1S/C10H17N3O2/c1-10(2,3)9(15)12-6-4-5-8(14)13-7-11/h4-6H2,1-3H3,(H,12,15)(H,13,14). The van der Waals surface area contributed by atoms with Gasteiger partial charge < -0.3 is 5.32 Å². The van der Waals surface area contributed by atoms with Crippen molar-refractivity contribution in [1.82, 2.24) is 10.6 Å². The SMILES string of the molecule is CC(C)(C)C(=O)NCCCC(=O)NC#N. The second kappa shape index (κ2) is 6.02.